The molecule has 0 aliphatic rings. The lowest BCUT2D eigenvalue weighted by Crippen LogP contribution is -2.03. The molecule has 1 rings (SSSR count). The van der Waals surface area contributed by atoms with E-state index in [0.717, 1.165) is 17.7 Å². The normalized spacial score (nSPS) is 13.2. The SMILES string of the molecule is CCC(CBr)Cc1cnn(C)c1. The summed E-state index contributed by atoms with van der Waals surface area (Å²) >= 11 is 3.51. The summed E-state index contributed by atoms with van der Waals surface area (Å²) < 4.78 is 1.86. The maximum atomic E-state index is 4.14. The second-order valence-corrected chi connectivity index (χ2v) is 3.80. The zero-order valence-electron chi connectivity index (χ0n) is 7.63. The largest absolute Gasteiger partial charge is 0.276 e. The molecule has 2 nitrogen and oxygen atoms in total. The van der Waals surface area contributed by atoms with Crippen molar-refractivity contribution in [1.29, 1.82) is 0 Å². The van der Waals surface area contributed by atoms with Crippen LogP contribution in [0.25, 0.3) is 0 Å². The smallest absolute Gasteiger partial charge is 0.0521 e. The molecule has 0 N–H and O–H groups in total. The highest BCUT2D eigenvalue weighted by atomic mass is 79.9. The standard InChI is InChI=1S/C9H15BrN2/c1-3-8(5-10)4-9-6-11-12(2)7-9/h6-8H,3-5H2,1-2H3. The van der Waals surface area contributed by atoms with Gasteiger partial charge in [0.1, 0.15) is 0 Å². The Morgan fingerprint density at radius 1 is 1.67 bits per heavy atom. The number of nitrogens with zero attached hydrogens (tertiary/aromatic N) is 2. The molecule has 1 atom stereocenters. The first kappa shape index (κ1) is 9.78. The lowest BCUT2D eigenvalue weighted by atomic mass is 10.0. The number of aromatic nitrogens is 2. The average molecular weight is 231 g/mol. The van der Waals surface area contributed by atoms with Gasteiger partial charge < -0.3 is 0 Å². The van der Waals surface area contributed by atoms with Gasteiger partial charge in [-0.2, -0.15) is 5.10 Å². The van der Waals surface area contributed by atoms with Crippen LogP contribution >= 0.6 is 15.9 Å². The van der Waals surface area contributed by atoms with Crippen LogP contribution in [-0.2, 0) is 13.5 Å². The quantitative estimate of drug-likeness (QED) is 0.727. The molecule has 0 aromatic carbocycles. The van der Waals surface area contributed by atoms with Crippen molar-refractivity contribution in [2.24, 2.45) is 13.0 Å². The van der Waals surface area contributed by atoms with Gasteiger partial charge in [-0.1, -0.05) is 29.3 Å². The minimum Gasteiger partial charge on any atom is -0.276 e. The van der Waals surface area contributed by atoms with Crippen LogP contribution in [-0.4, -0.2) is 15.1 Å². The number of hydrogen-bond acceptors (Lipinski definition) is 1. The van der Waals surface area contributed by atoms with Crippen LogP contribution in [0.1, 0.15) is 18.9 Å². The first-order valence-corrected chi connectivity index (χ1v) is 5.42. The van der Waals surface area contributed by atoms with E-state index in [0.29, 0.717) is 0 Å². The molecule has 0 aliphatic heterocycles. The highest BCUT2D eigenvalue weighted by Gasteiger charge is 2.06. The van der Waals surface area contributed by atoms with Crippen LogP contribution in [0, 0.1) is 5.92 Å². The summed E-state index contributed by atoms with van der Waals surface area (Å²) in [5.74, 6) is 0.745. The van der Waals surface area contributed by atoms with Crippen LogP contribution in [0.4, 0.5) is 0 Å². The summed E-state index contributed by atoms with van der Waals surface area (Å²) in [5, 5.41) is 5.22. The fraction of sp³-hybridized carbons (Fsp3) is 0.667. The summed E-state index contributed by atoms with van der Waals surface area (Å²) in [6.45, 7) is 2.22. The Bertz CT molecular complexity index is 228. The second-order valence-electron chi connectivity index (χ2n) is 3.15. The van der Waals surface area contributed by atoms with E-state index in [-0.39, 0.29) is 0 Å². The van der Waals surface area contributed by atoms with E-state index in [9.17, 15) is 0 Å². The third-order valence-electron chi connectivity index (χ3n) is 2.08. The minimum atomic E-state index is 0.745. The molecule has 3 heteroatoms. The van der Waals surface area contributed by atoms with Crippen molar-refractivity contribution in [3.05, 3.63) is 18.0 Å². The Balaban J connectivity index is 2.50. The van der Waals surface area contributed by atoms with Gasteiger partial charge in [0.05, 0.1) is 6.20 Å². The van der Waals surface area contributed by atoms with Gasteiger partial charge >= 0.3 is 0 Å². The molecule has 1 aromatic rings. The molecule has 0 saturated carbocycles. The van der Waals surface area contributed by atoms with Crippen molar-refractivity contribution in [3.63, 3.8) is 0 Å². The molecule has 1 heterocycles. The third kappa shape index (κ3) is 2.63. The summed E-state index contributed by atoms with van der Waals surface area (Å²) in [7, 11) is 1.96. The van der Waals surface area contributed by atoms with Crippen molar-refractivity contribution >= 4 is 15.9 Å². The Kier molecular flexibility index (Phi) is 3.79. The maximum absolute atomic E-state index is 4.14. The minimum absolute atomic E-state index is 0.745. The van der Waals surface area contributed by atoms with Gasteiger partial charge in [0.25, 0.3) is 0 Å². The molecule has 0 bridgehead atoms. The van der Waals surface area contributed by atoms with Crippen molar-refractivity contribution < 1.29 is 0 Å². The molecule has 0 saturated heterocycles. The Morgan fingerprint density at radius 2 is 2.42 bits per heavy atom. The molecule has 0 spiro atoms. The van der Waals surface area contributed by atoms with E-state index >= 15 is 0 Å². The fourth-order valence-electron chi connectivity index (χ4n) is 1.22. The van der Waals surface area contributed by atoms with Gasteiger partial charge in [-0.15, -0.1) is 0 Å². The lowest BCUT2D eigenvalue weighted by molar-refractivity contribution is 0.573. The molecule has 68 valence electrons. The van der Waals surface area contributed by atoms with Crippen molar-refractivity contribution in [1.82, 2.24) is 9.78 Å². The van der Waals surface area contributed by atoms with Gasteiger partial charge in [0, 0.05) is 18.6 Å². The first-order chi connectivity index (χ1) is 5.76. The molecular weight excluding hydrogens is 216 g/mol. The average Bonchev–Trinajstić information content (AvgIpc) is 2.47. The number of rotatable bonds is 4. The second kappa shape index (κ2) is 4.65. The predicted molar refractivity (Wildman–Crippen MR) is 54.5 cm³/mol. The van der Waals surface area contributed by atoms with E-state index in [1.54, 1.807) is 0 Å². The van der Waals surface area contributed by atoms with Crippen molar-refractivity contribution in [3.8, 4) is 0 Å². The van der Waals surface area contributed by atoms with Gasteiger partial charge in [0.15, 0.2) is 0 Å². The van der Waals surface area contributed by atoms with E-state index < -0.39 is 0 Å². The topological polar surface area (TPSA) is 17.8 Å². The van der Waals surface area contributed by atoms with E-state index in [1.165, 1.54) is 12.0 Å². The van der Waals surface area contributed by atoms with Gasteiger partial charge in [-0.25, -0.2) is 0 Å². The van der Waals surface area contributed by atoms with Gasteiger partial charge in [0.2, 0.25) is 0 Å². The monoisotopic (exact) mass is 230 g/mol. The van der Waals surface area contributed by atoms with Gasteiger partial charge in [-0.3, -0.25) is 4.68 Å². The van der Waals surface area contributed by atoms with E-state index in [2.05, 4.69) is 34.1 Å². The summed E-state index contributed by atoms with van der Waals surface area (Å²) in [4.78, 5) is 0. The maximum Gasteiger partial charge on any atom is 0.0521 e. The number of alkyl halides is 1. The molecular formula is C9H15BrN2. The predicted octanol–water partition coefficient (Wildman–Crippen LogP) is 2.38. The number of hydrogen-bond donors (Lipinski definition) is 0. The molecule has 1 aromatic heterocycles. The Morgan fingerprint density at radius 3 is 2.83 bits per heavy atom. The van der Waals surface area contributed by atoms with Crippen LogP contribution in [0.2, 0.25) is 0 Å². The number of aryl methyl sites for hydroxylation is 1. The third-order valence-corrected chi connectivity index (χ3v) is 2.99. The van der Waals surface area contributed by atoms with Crippen LogP contribution in [0.5, 0.6) is 0 Å². The Labute approximate surface area is 82.1 Å². The van der Waals surface area contributed by atoms with Crippen molar-refractivity contribution in [2.75, 3.05) is 5.33 Å². The zero-order chi connectivity index (χ0) is 8.97. The molecule has 0 radical (unpaired) electrons. The molecule has 1 unspecified atom stereocenters. The zero-order valence-corrected chi connectivity index (χ0v) is 9.21. The van der Waals surface area contributed by atoms with E-state index in [4.69, 9.17) is 0 Å². The fourth-order valence-corrected chi connectivity index (χ4v) is 1.91. The number of halogens is 1. The molecule has 0 fully saturated rings. The molecule has 0 amide bonds. The van der Waals surface area contributed by atoms with Crippen molar-refractivity contribution in [2.45, 2.75) is 19.8 Å². The van der Waals surface area contributed by atoms with Crippen LogP contribution in [0.3, 0.4) is 0 Å². The van der Waals surface area contributed by atoms with E-state index in [1.807, 2.05) is 17.9 Å². The summed E-state index contributed by atoms with van der Waals surface area (Å²) in [6.07, 6.45) is 6.40. The van der Waals surface area contributed by atoms with Crippen LogP contribution in [0.15, 0.2) is 12.4 Å². The highest BCUT2D eigenvalue weighted by molar-refractivity contribution is 9.09. The first-order valence-electron chi connectivity index (χ1n) is 4.29. The van der Waals surface area contributed by atoms with Crippen LogP contribution < -0.4 is 0 Å². The lowest BCUT2D eigenvalue weighted by Gasteiger charge is -2.08. The molecule has 0 aliphatic carbocycles. The van der Waals surface area contributed by atoms with Gasteiger partial charge in [-0.05, 0) is 17.9 Å². The summed E-state index contributed by atoms with van der Waals surface area (Å²) in [5.41, 5.74) is 1.34. The highest BCUT2D eigenvalue weighted by Crippen LogP contribution is 2.13. The molecule has 12 heavy (non-hydrogen) atoms. The summed E-state index contributed by atoms with van der Waals surface area (Å²) in [6, 6.07) is 0. The Hall–Kier alpha value is -0.310.